The first-order valence-corrected chi connectivity index (χ1v) is 19.6. The van der Waals surface area contributed by atoms with Gasteiger partial charge in [-0.05, 0) is 0 Å². The van der Waals surface area contributed by atoms with Crippen LogP contribution in [0.4, 0.5) is 0 Å². The van der Waals surface area contributed by atoms with Gasteiger partial charge in [-0.2, -0.15) is 0 Å². The van der Waals surface area contributed by atoms with E-state index in [-0.39, 0.29) is 0 Å². The molecule has 0 aliphatic carbocycles. The standard InChI is InChI=1S/C12H10GeI2/c14-13(15,11-7-3-1-4-8-11)12-9-5-2-6-10-12/h1-10H. The topological polar surface area (TPSA) is 0 Å². The van der Waals surface area contributed by atoms with Crippen LogP contribution >= 0.6 is 40.4 Å². The molecule has 0 atom stereocenters. The maximum absolute atomic E-state index is 2.68. The molecule has 2 rings (SSSR count). The van der Waals surface area contributed by atoms with Crippen LogP contribution in [0.1, 0.15) is 0 Å². The maximum atomic E-state index is 2.68. The van der Waals surface area contributed by atoms with Crippen LogP contribution in [0.5, 0.6) is 0 Å². The molecule has 0 fully saturated rings. The Morgan fingerprint density at radius 3 is 1.27 bits per heavy atom. The van der Waals surface area contributed by atoms with Crippen molar-refractivity contribution in [1.82, 2.24) is 0 Å². The monoisotopic (exact) mass is 482 g/mol. The zero-order chi connectivity index (χ0) is 10.7. The van der Waals surface area contributed by atoms with E-state index in [1.807, 2.05) is 0 Å². The van der Waals surface area contributed by atoms with Crippen molar-refractivity contribution < 1.29 is 0 Å². The zero-order valence-electron chi connectivity index (χ0n) is 8.03. The van der Waals surface area contributed by atoms with Gasteiger partial charge in [0.05, 0.1) is 0 Å². The summed E-state index contributed by atoms with van der Waals surface area (Å²) in [6.45, 7) is -2.06. The van der Waals surface area contributed by atoms with Crippen LogP contribution in [0.25, 0.3) is 0 Å². The fourth-order valence-electron chi connectivity index (χ4n) is 1.46. The van der Waals surface area contributed by atoms with Crippen LogP contribution in [-0.2, 0) is 0 Å². The molecule has 0 amide bonds. The second kappa shape index (κ2) is 5.18. The number of halogens is 2. The van der Waals surface area contributed by atoms with Gasteiger partial charge in [0, 0.05) is 0 Å². The van der Waals surface area contributed by atoms with Crippen molar-refractivity contribution in [2.45, 2.75) is 0 Å². The Morgan fingerprint density at radius 1 is 0.600 bits per heavy atom. The molecule has 0 aromatic heterocycles. The fourth-order valence-corrected chi connectivity index (χ4v) is 12.2. The first-order chi connectivity index (χ1) is 7.21. The Labute approximate surface area is 115 Å². The molecule has 0 bridgehead atoms. The second-order valence-electron chi connectivity index (χ2n) is 3.31. The first kappa shape index (κ1) is 11.9. The van der Waals surface area contributed by atoms with Crippen molar-refractivity contribution in [3.8, 4) is 0 Å². The van der Waals surface area contributed by atoms with E-state index in [2.05, 4.69) is 101 Å². The van der Waals surface area contributed by atoms with Crippen molar-refractivity contribution in [2.75, 3.05) is 0 Å². The normalized spacial score (nSPS) is 11.3. The Balaban J connectivity index is 2.44. The van der Waals surface area contributed by atoms with Crippen molar-refractivity contribution >= 4 is 55.9 Å². The summed E-state index contributed by atoms with van der Waals surface area (Å²) in [5.41, 5.74) is 0. The summed E-state index contributed by atoms with van der Waals surface area (Å²) in [7, 11) is 0. The van der Waals surface area contributed by atoms with Crippen LogP contribution < -0.4 is 8.79 Å². The fraction of sp³-hybridized carbons (Fsp3) is 0. The van der Waals surface area contributed by atoms with E-state index < -0.39 is 6.65 Å². The number of rotatable bonds is 2. The summed E-state index contributed by atoms with van der Waals surface area (Å²) in [5, 5.41) is 0. The number of benzene rings is 2. The molecular weight excluding hydrogens is 471 g/mol. The van der Waals surface area contributed by atoms with E-state index in [9.17, 15) is 0 Å². The molecule has 0 aliphatic heterocycles. The Morgan fingerprint density at radius 2 is 0.933 bits per heavy atom. The molecule has 3 heteroatoms. The van der Waals surface area contributed by atoms with Crippen LogP contribution in [-0.4, -0.2) is 6.65 Å². The Hall–Kier alpha value is 0.443. The zero-order valence-corrected chi connectivity index (χ0v) is 14.4. The predicted octanol–water partition coefficient (Wildman–Crippen LogP) is 3.11. The number of hydrogen-bond acceptors (Lipinski definition) is 0. The van der Waals surface area contributed by atoms with Crippen LogP contribution in [0, 0.1) is 0 Å². The van der Waals surface area contributed by atoms with Crippen LogP contribution in [0.3, 0.4) is 0 Å². The summed E-state index contributed by atoms with van der Waals surface area (Å²) in [6.07, 6.45) is 0. The molecule has 15 heavy (non-hydrogen) atoms. The quantitative estimate of drug-likeness (QED) is 0.458. The van der Waals surface area contributed by atoms with E-state index in [1.165, 1.54) is 8.79 Å². The summed E-state index contributed by atoms with van der Waals surface area (Å²) in [4.78, 5) is 0. The van der Waals surface area contributed by atoms with E-state index in [4.69, 9.17) is 0 Å². The molecule has 0 aliphatic rings. The molecule has 0 radical (unpaired) electrons. The molecule has 0 saturated carbocycles. The third-order valence-electron chi connectivity index (χ3n) is 2.27. The molecule has 0 unspecified atom stereocenters. The molecule has 0 saturated heterocycles. The van der Waals surface area contributed by atoms with Gasteiger partial charge >= 0.3 is 117 Å². The molecule has 76 valence electrons. The first-order valence-electron chi connectivity index (χ1n) is 4.70. The van der Waals surface area contributed by atoms with Gasteiger partial charge in [-0.25, -0.2) is 0 Å². The molecule has 0 nitrogen and oxygen atoms in total. The van der Waals surface area contributed by atoms with Gasteiger partial charge in [0.25, 0.3) is 0 Å². The summed E-state index contributed by atoms with van der Waals surface area (Å²) >= 11 is 5.36. The molecule has 0 N–H and O–H groups in total. The SMILES string of the molecule is [I][Ge]([I])([c]1ccccc1)[c]1ccccc1. The minimum atomic E-state index is -2.06. The average Bonchev–Trinajstić information content (AvgIpc) is 2.31. The van der Waals surface area contributed by atoms with Gasteiger partial charge in [-0.3, -0.25) is 0 Å². The average molecular weight is 481 g/mol. The predicted molar refractivity (Wildman–Crippen MR) is 85.9 cm³/mol. The second-order valence-corrected chi connectivity index (χ2v) is 35.7. The Kier molecular flexibility index (Phi) is 4.12. The molecule has 2 aromatic carbocycles. The molecule has 0 heterocycles. The third kappa shape index (κ3) is 2.76. The van der Waals surface area contributed by atoms with Gasteiger partial charge in [-0.15, -0.1) is 0 Å². The van der Waals surface area contributed by atoms with E-state index in [0.29, 0.717) is 0 Å². The van der Waals surface area contributed by atoms with E-state index in [1.54, 1.807) is 0 Å². The summed E-state index contributed by atoms with van der Waals surface area (Å²) in [5.74, 6) is 0. The number of hydrogen-bond donors (Lipinski definition) is 0. The van der Waals surface area contributed by atoms with Crippen LogP contribution in [0.15, 0.2) is 60.7 Å². The van der Waals surface area contributed by atoms with Crippen molar-refractivity contribution in [2.24, 2.45) is 0 Å². The van der Waals surface area contributed by atoms with Crippen molar-refractivity contribution in [3.05, 3.63) is 60.7 Å². The molecular formula is C12H10GeI2. The molecule has 2 aromatic rings. The van der Waals surface area contributed by atoms with Crippen molar-refractivity contribution in [1.29, 1.82) is 0 Å². The minimum absolute atomic E-state index is 1.52. The summed E-state index contributed by atoms with van der Waals surface area (Å²) in [6, 6.07) is 21.7. The van der Waals surface area contributed by atoms with E-state index >= 15 is 0 Å². The van der Waals surface area contributed by atoms with Gasteiger partial charge in [-0.1, -0.05) is 0 Å². The van der Waals surface area contributed by atoms with E-state index in [0.717, 1.165) is 0 Å². The van der Waals surface area contributed by atoms with Crippen molar-refractivity contribution in [3.63, 3.8) is 0 Å². The molecule has 0 spiro atoms. The third-order valence-corrected chi connectivity index (χ3v) is 19.7. The van der Waals surface area contributed by atoms with Gasteiger partial charge < -0.3 is 0 Å². The van der Waals surface area contributed by atoms with Gasteiger partial charge in [0.1, 0.15) is 0 Å². The summed E-state index contributed by atoms with van der Waals surface area (Å²) < 4.78 is 3.04. The Bertz CT molecular complexity index is 384. The van der Waals surface area contributed by atoms with Crippen LogP contribution in [0.2, 0.25) is 0 Å². The van der Waals surface area contributed by atoms with Gasteiger partial charge in [0.2, 0.25) is 0 Å². The van der Waals surface area contributed by atoms with Gasteiger partial charge in [0.15, 0.2) is 0 Å².